The average Bonchev–Trinajstić information content (AvgIpc) is 2.93. The average molecular weight is 559 g/mol. The van der Waals surface area contributed by atoms with Crippen molar-refractivity contribution in [1.29, 1.82) is 0 Å². The Kier molecular flexibility index (Phi) is 7.02. The quantitative estimate of drug-likeness (QED) is 0.171. The van der Waals surface area contributed by atoms with Crippen LogP contribution < -0.4 is 14.0 Å². The van der Waals surface area contributed by atoms with E-state index in [1.165, 1.54) is 54.6 Å². The molecular formula is C29H19ClN2O6S. The monoisotopic (exact) mass is 558 g/mol. The largest absolute Gasteiger partial charge is 0.379 e. The summed E-state index contributed by atoms with van der Waals surface area (Å²) >= 11 is 5.82. The lowest BCUT2D eigenvalue weighted by Crippen LogP contribution is -2.57. The van der Waals surface area contributed by atoms with Crippen LogP contribution in [0.5, 0.6) is 5.75 Å². The summed E-state index contributed by atoms with van der Waals surface area (Å²) in [6.07, 6.45) is 1.35. The Balaban J connectivity index is 1.48. The molecule has 10 heteroatoms. The normalized spacial score (nSPS) is 14.0. The molecule has 0 radical (unpaired) electrons. The van der Waals surface area contributed by atoms with Crippen molar-refractivity contribution in [3.8, 4) is 5.75 Å². The number of halogens is 1. The Bertz CT molecular complexity index is 1630. The number of carbonyl (C=O) groups is 3. The molecule has 0 unspecified atom stereocenters. The minimum Gasteiger partial charge on any atom is -0.379 e. The molecule has 0 spiro atoms. The molecule has 0 aromatic heterocycles. The molecule has 1 aliphatic heterocycles. The van der Waals surface area contributed by atoms with Crippen molar-refractivity contribution in [2.45, 2.75) is 4.90 Å². The molecule has 8 nitrogen and oxygen atoms in total. The number of benzene rings is 4. The summed E-state index contributed by atoms with van der Waals surface area (Å²) in [5, 5.41) is 0.386. The second-order valence-electron chi connectivity index (χ2n) is 8.35. The van der Waals surface area contributed by atoms with Crippen molar-refractivity contribution in [2.24, 2.45) is 0 Å². The fourth-order valence-corrected chi connectivity index (χ4v) is 4.96. The Morgan fingerprint density at radius 1 is 0.641 bits per heavy atom. The van der Waals surface area contributed by atoms with E-state index in [-0.39, 0.29) is 16.2 Å². The van der Waals surface area contributed by atoms with Crippen molar-refractivity contribution in [3.05, 3.63) is 125 Å². The maximum absolute atomic E-state index is 13.4. The van der Waals surface area contributed by atoms with E-state index in [2.05, 4.69) is 0 Å². The molecule has 1 heterocycles. The predicted molar refractivity (Wildman–Crippen MR) is 147 cm³/mol. The van der Waals surface area contributed by atoms with Crippen molar-refractivity contribution in [2.75, 3.05) is 9.80 Å². The summed E-state index contributed by atoms with van der Waals surface area (Å²) in [6, 6.07) is 27.1. The molecule has 1 saturated heterocycles. The van der Waals surface area contributed by atoms with E-state index in [4.69, 9.17) is 15.8 Å². The van der Waals surface area contributed by atoms with Gasteiger partial charge in [0, 0.05) is 5.02 Å². The topological polar surface area (TPSA) is 101 Å². The number of nitrogens with zero attached hydrogens (tertiary/aromatic N) is 2. The fraction of sp³-hybridized carbons (Fsp3) is 0. The van der Waals surface area contributed by atoms with Crippen molar-refractivity contribution >= 4 is 57.0 Å². The molecule has 0 saturated carbocycles. The first-order valence-electron chi connectivity index (χ1n) is 11.6. The van der Waals surface area contributed by atoms with Crippen molar-refractivity contribution in [1.82, 2.24) is 0 Å². The highest BCUT2D eigenvalue weighted by Gasteiger charge is 2.43. The van der Waals surface area contributed by atoms with Crippen LogP contribution in [0.4, 0.5) is 16.2 Å². The van der Waals surface area contributed by atoms with Gasteiger partial charge < -0.3 is 4.18 Å². The highest BCUT2D eigenvalue weighted by molar-refractivity contribution is 7.87. The van der Waals surface area contributed by atoms with Crippen LogP contribution in [0.3, 0.4) is 0 Å². The number of hydrogen-bond acceptors (Lipinski definition) is 6. The lowest BCUT2D eigenvalue weighted by molar-refractivity contribution is -0.121. The van der Waals surface area contributed by atoms with E-state index >= 15 is 0 Å². The Hall–Kier alpha value is -4.73. The van der Waals surface area contributed by atoms with Gasteiger partial charge >= 0.3 is 16.1 Å². The molecule has 194 valence electrons. The molecule has 0 aliphatic carbocycles. The zero-order valence-electron chi connectivity index (χ0n) is 20.1. The molecule has 4 aromatic rings. The molecule has 1 fully saturated rings. The van der Waals surface area contributed by atoms with Gasteiger partial charge in [-0.1, -0.05) is 60.1 Å². The highest BCUT2D eigenvalue weighted by atomic mass is 35.5. The van der Waals surface area contributed by atoms with Gasteiger partial charge in [0.15, 0.2) is 0 Å². The zero-order valence-corrected chi connectivity index (χ0v) is 21.7. The molecule has 4 amide bonds. The van der Waals surface area contributed by atoms with Gasteiger partial charge in [-0.2, -0.15) is 8.42 Å². The van der Waals surface area contributed by atoms with Crippen LogP contribution in [-0.2, 0) is 19.7 Å². The number of amides is 4. The number of anilines is 2. The third-order valence-corrected chi connectivity index (χ3v) is 7.29. The number of rotatable bonds is 6. The van der Waals surface area contributed by atoms with Gasteiger partial charge in [0.2, 0.25) is 0 Å². The highest BCUT2D eigenvalue weighted by Crippen LogP contribution is 2.30. The number of imide groups is 2. The molecule has 5 rings (SSSR count). The second-order valence-corrected chi connectivity index (χ2v) is 10.3. The van der Waals surface area contributed by atoms with Crippen LogP contribution in [-0.4, -0.2) is 26.3 Å². The number of urea groups is 1. The standard InChI is InChI=1S/C29H19ClN2O6S/c30-21-13-17-25(18-14-21)39(36,37)38-24-15-11-20(12-16-24)19-26-27(33)31(22-7-3-1-4-8-22)29(35)32(28(26)34)23-9-5-2-6-10-23/h1-19H. The summed E-state index contributed by atoms with van der Waals surface area (Å²) in [7, 11) is -4.10. The van der Waals surface area contributed by atoms with Crippen LogP contribution in [0.2, 0.25) is 5.02 Å². The fourth-order valence-electron chi connectivity index (χ4n) is 3.90. The first-order valence-corrected chi connectivity index (χ1v) is 13.4. The van der Waals surface area contributed by atoms with Crippen LogP contribution in [0.1, 0.15) is 5.56 Å². The van der Waals surface area contributed by atoms with Gasteiger partial charge in [0.1, 0.15) is 16.2 Å². The van der Waals surface area contributed by atoms with E-state index in [0.717, 1.165) is 9.80 Å². The number of hydrogen-bond donors (Lipinski definition) is 0. The first kappa shape index (κ1) is 25.9. The number of para-hydroxylation sites is 2. The molecular weight excluding hydrogens is 540 g/mol. The third-order valence-electron chi connectivity index (χ3n) is 5.78. The lowest BCUT2D eigenvalue weighted by Gasteiger charge is -2.33. The summed E-state index contributed by atoms with van der Waals surface area (Å²) in [6.45, 7) is 0. The van der Waals surface area contributed by atoms with Gasteiger partial charge in [-0.25, -0.2) is 14.6 Å². The van der Waals surface area contributed by atoms with Gasteiger partial charge in [-0.3, -0.25) is 9.59 Å². The van der Waals surface area contributed by atoms with E-state index in [1.807, 2.05) is 0 Å². The predicted octanol–water partition coefficient (Wildman–Crippen LogP) is 5.69. The Morgan fingerprint density at radius 2 is 1.13 bits per heavy atom. The van der Waals surface area contributed by atoms with Crippen LogP contribution in [0.15, 0.2) is 120 Å². The molecule has 1 aliphatic rings. The van der Waals surface area contributed by atoms with E-state index in [1.54, 1.807) is 60.7 Å². The van der Waals surface area contributed by atoms with E-state index in [9.17, 15) is 22.8 Å². The van der Waals surface area contributed by atoms with E-state index in [0.29, 0.717) is 22.0 Å². The smallest absolute Gasteiger partial charge is 0.343 e. The minimum atomic E-state index is -4.10. The SMILES string of the molecule is O=C1C(=Cc2ccc(OS(=O)(=O)c3ccc(Cl)cc3)cc2)C(=O)N(c2ccccc2)C(=O)N1c1ccccc1. The summed E-state index contributed by atoms with van der Waals surface area (Å²) in [5.74, 6) is -1.54. The maximum Gasteiger partial charge on any atom is 0.343 e. The lowest BCUT2D eigenvalue weighted by atomic mass is 10.0. The van der Waals surface area contributed by atoms with Gasteiger partial charge in [0.25, 0.3) is 11.8 Å². The summed E-state index contributed by atoms with van der Waals surface area (Å²) in [5.41, 5.74) is 0.786. The summed E-state index contributed by atoms with van der Waals surface area (Å²) < 4.78 is 30.3. The Morgan fingerprint density at radius 3 is 1.62 bits per heavy atom. The van der Waals surface area contributed by atoms with Gasteiger partial charge in [-0.15, -0.1) is 0 Å². The number of barbiturate groups is 1. The third kappa shape index (κ3) is 5.31. The Labute approximate surface area is 229 Å². The van der Waals surface area contributed by atoms with Gasteiger partial charge in [0.05, 0.1) is 11.4 Å². The van der Waals surface area contributed by atoms with Crippen LogP contribution in [0, 0.1) is 0 Å². The van der Waals surface area contributed by atoms with Crippen molar-refractivity contribution < 1.29 is 27.0 Å². The van der Waals surface area contributed by atoms with Gasteiger partial charge in [-0.05, 0) is 72.3 Å². The maximum atomic E-state index is 13.4. The zero-order chi connectivity index (χ0) is 27.6. The molecule has 39 heavy (non-hydrogen) atoms. The molecule has 0 N–H and O–H groups in total. The second kappa shape index (κ2) is 10.6. The minimum absolute atomic E-state index is 0.0281. The molecule has 0 atom stereocenters. The van der Waals surface area contributed by atoms with Crippen molar-refractivity contribution in [3.63, 3.8) is 0 Å². The van der Waals surface area contributed by atoms with Crippen LogP contribution >= 0.6 is 11.6 Å². The molecule has 0 bridgehead atoms. The number of carbonyl (C=O) groups excluding carboxylic acids is 3. The first-order chi connectivity index (χ1) is 18.7. The summed E-state index contributed by atoms with van der Waals surface area (Å²) in [4.78, 5) is 42.1. The van der Waals surface area contributed by atoms with E-state index < -0.39 is 28.0 Å². The molecule has 4 aromatic carbocycles. The van der Waals surface area contributed by atoms with Crippen LogP contribution in [0.25, 0.3) is 6.08 Å².